The van der Waals surface area contributed by atoms with Crippen molar-refractivity contribution in [3.63, 3.8) is 0 Å². The van der Waals surface area contributed by atoms with Crippen LogP contribution in [0.1, 0.15) is 11.1 Å². The molecule has 0 aliphatic carbocycles. The van der Waals surface area contributed by atoms with Gasteiger partial charge >= 0.3 is 0 Å². The minimum absolute atomic E-state index is 0.0134. The zero-order valence-electron chi connectivity index (χ0n) is 8.34. The van der Waals surface area contributed by atoms with Gasteiger partial charge < -0.3 is 0 Å². The van der Waals surface area contributed by atoms with Gasteiger partial charge in [-0.15, -0.1) is 0 Å². The predicted molar refractivity (Wildman–Crippen MR) is 66.1 cm³/mol. The Kier molecular flexibility index (Phi) is 4.59. The van der Waals surface area contributed by atoms with Gasteiger partial charge in [-0.05, 0) is 18.1 Å². The average Bonchev–Trinajstić information content (AvgIpc) is 2.20. The van der Waals surface area contributed by atoms with E-state index in [4.69, 9.17) is 34.8 Å². The molecular formula is C10H8Cl3NO2. The number of hydrogen-bond acceptors (Lipinski definition) is 2. The zero-order valence-corrected chi connectivity index (χ0v) is 10.6. The summed E-state index contributed by atoms with van der Waals surface area (Å²) in [5.74, 6) is 0. The number of nitrogens with zero attached hydrogens (tertiary/aromatic N) is 1. The molecule has 16 heavy (non-hydrogen) atoms. The minimum Gasteiger partial charge on any atom is -0.258 e. The molecule has 0 fully saturated rings. The van der Waals surface area contributed by atoms with Crippen molar-refractivity contribution in [3.05, 3.63) is 49.0 Å². The van der Waals surface area contributed by atoms with Crippen LogP contribution in [0.4, 0.5) is 5.69 Å². The molecule has 0 amide bonds. The Morgan fingerprint density at radius 2 is 2.00 bits per heavy atom. The van der Waals surface area contributed by atoms with Crippen molar-refractivity contribution >= 4 is 40.5 Å². The van der Waals surface area contributed by atoms with E-state index >= 15 is 0 Å². The third kappa shape index (κ3) is 3.37. The normalized spacial score (nSPS) is 10.0. The lowest BCUT2D eigenvalue weighted by Gasteiger charge is -2.04. The Balaban J connectivity index is 3.01. The number of benzene rings is 1. The first-order valence-corrected chi connectivity index (χ1v) is 5.48. The number of nitro groups is 1. The van der Waals surface area contributed by atoms with E-state index in [-0.39, 0.29) is 10.2 Å². The molecule has 1 rings (SSSR count). The Bertz CT molecular complexity index is 453. The van der Waals surface area contributed by atoms with Crippen molar-refractivity contribution in [1.82, 2.24) is 0 Å². The second-order valence-electron chi connectivity index (χ2n) is 3.21. The molecule has 0 unspecified atom stereocenters. The topological polar surface area (TPSA) is 43.1 Å². The number of halogens is 3. The van der Waals surface area contributed by atoms with Crippen molar-refractivity contribution in [1.29, 1.82) is 0 Å². The van der Waals surface area contributed by atoms with Crippen molar-refractivity contribution in [2.45, 2.75) is 13.3 Å². The molecule has 0 radical (unpaired) electrons. The maximum absolute atomic E-state index is 10.5. The fourth-order valence-corrected chi connectivity index (χ4v) is 1.50. The maximum atomic E-state index is 10.5. The van der Waals surface area contributed by atoms with E-state index in [1.54, 1.807) is 13.0 Å². The second kappa shape index (κ2) is 5.53. The maximum Gasteiger partial charge on any atom is 0.269 e. The van der Waals surface area contributed by atoms with Crippen LogP contribution in [0, 0.1) is 17.0 Å². The van der Waals surface area contributed by atoms with Gasteiger partial charge in [-0.1, -0.05) is 40.9 Å². The number of nitro benzene ring substituents is 1. The van der Waals surface area contributed by atoms with Crippen LogP contribution in [-0.2, 0) is 6.42 Å². The van der Waals surface area contributed by atoms with Gasteiger partial charge in [-0.3, -0.25) is 10.1 Å². The van der Waals surface area contributed by atoms with Crippen LogP contribution < -0.4 is 0 Å². The average molecular weight is 281 g/mol. The third-order valence-corrected chi connectivity index (χ3v) is 3.06. The molecule has 0 heterocycles. The van der Waals surface area contributed by atoms with Gasteiger partial charge in [0.25, 0.3) is 5.69 Å². The Hall–Kier alpha value is -0.770. The first-order valence-electron chi connectivity index (χ1n) is 4.35. The summed E-state index contributed by atoms with van der Waals surface area (Å²) in [6.45, 7) is 1.77. The number of non-ortho nitro benzene ring substituents is 1. The summed E-state index contributed by atoms with van der Waals surface area (Å²) in [6.07, 6.45) is 0.369. The van der Waals surface area contributed by atoms with Crippen molar-refractivity contribution in [2.24, 2.45) is 0 Å². The lowest BCUT2D eigenvalue weighted by atomic mass is 10.1. The smallest absolute Gasteiger partial charge is 0.258 e. The van der Waals surface area contributed by atoms with Crippen LogP contribution in [-0.4, -0.2) is 4.92 Å². The molecule has 0 saturated heterocycles. The summed E-state index contributed by atoms with van der Waals surface area (Å²) < 4.78 is 0.0134. The van der Waals surface area contributed by atoms with E-state index in [1.165, 1.54) is 12.1 Å². The van der Waals surface area contributed by atoms with Gasteiger partial charge in [-0.2, -0.15) is 0 Å². The van der Waals surface area contributed by atoms with E-state index in [0.29, 0.717) is 11.5 Å². The standard InChI is InChI=1S/C10H8Cl3NO2/c1-6-4-8(14(15)16)3-2-7(6)5-9(11)10(12)13/h2-4H,5H2,1H3. The highest BCUT2D eigenvalue weighted by Crippen LogP contribution is 2.25. The Morgan fingerprint density at radius 1 is 1.38 bits per heavy atom. The highest BCUT2D eigenvalue weighted by Gasteiger charge is 2.09. The van der Waals surface area contributed by atoms with Gasteiger partial charge in [-0.25, -0.2) is 0 Å². The fraction of sp³-hybridized carbons (Fsp3) is 0.200. The van der Waals surface area contributed by atoms with E-state index in [1.807, 2.05) is 0 Å². The van der Waals surface area contributed by atoms with E-state index in [2.05, 4.69) is 0 Å². The molecule has 0 aliphatic heterocycles. The lowest BCUT2D eigenvalue weighted by Crippen LogP contribution is -1.94. The number of hydrogen-bond donors (Lipinski definition) is 0. The van der Waals surface area contributed by atoms with Gasteiger partial charge in [0, 0.05) is 18.6 Å². The highest BCUT2D eigenvalue weighted by molar-refractivity contribution is 6.59. The summed E-state index contributed by atoms with van der Waals surface area (Å²) in [7, 11) is 0. The molecule has 0 aromatic heterocycles. The summed E-state index contributed by atoms with van der Waals surface area (Å²) in [6, 6.07) is 4.56. The zero-order chi connectivity index (χ0) is 12.3. The summed E-state index contributed by atoms with van der Waals surface area (Å²) in [5.41, 5.74) is 1.69. The molecule has 1 aromatic carbocycles. The highest BCUT2D eigenvalue weighted by atomic mass is 35.5. The monoisotopic (exact) mass is 279 g/mol. The number of rotatable bonds is 3. The molecule has 3 nitrogen and oxygen atoms in total. The molecule has 0 aliphatic rings. The van der Waals surface area contributed by atoms with Crippen LogP contribution in [0.5, 0.6) is 0 Å². The first-order chi connectivity index (χ1) is 7.41. The van der Waals surface area contributed by atoms with E-state index in [9.17, 15) is 10.1 Å². The molecule has 1 aromatic rings. The lowest BCUT2D eigenvalue weighted by molar-refractivity contribution is -0.384. The molecule has 86 valence electrons. The van der Waals surface area contributed by atoms with Crippen LogP contribution in [0.15, 0.2) is 27.7 Å². The minimum atomic E-state index is -0.442. The van der Waals surface area contributed by atoms with Crippen LogP contribution in [0.25, 0.3) is 0 Å². The van der Waals surface area contributed by atoms with Crippen LogP contribution in [0.3, 0.4) is 0 Å². The van der Waals surface area contributed by atoms with Gasteiger partial charge in [0.15, 0.2) is 0 Å². The Morgan fingerprint density at radius 3 is 2.44 bits per heavy atom. The number of allylic oxidation sites excluding steroid dienone is 1. The third-order valence-electron chi connectivity index (χ3n) is 2.09. The van der Waals surface area contributed by atoms with Gasteiger partial charge in [0.05, 0.1) is 9.96 Å². The molecule has 0 saturated carbocycles. The van der Waals surface area contributed by atoms with Crippen molar-refractivity contribution < 1.29 is 4.92 Å². The summed E-state index contributed by atoms with van der Waals surface area (Å²) in [4.78, 5) is 10.1. The SMILES string of the molecule is Cc1cc([N+](=O)[O-])ccc1CC(Cl)=C(Cl)Cl. The first kappa shape index (κ1) is 13.3. The van der Waals surface area contributed by atoms with E-state index < -0.39 is 4.92 Å². The van der Waals surface area contributed by atoms with Crippen molar-refractivity contribution in [3.8, 4) is 0 Å². The molecule has 0 N–H and O–H groups in total. The summed E-state index contributed by atoms with van der Waals surface area (Å²) in [5, 5.41) is 10.8. The summed E-state index contributed by atoms with van der Waals surface area (Å²) >= 11 is 16.8. The molecule has 0 spiro atoms. The predicted octanol–water partition coefficient (Wildman–Crippen LogP) is 4.33. The van der Waals surface area contributed by atoms with E-state index in [0.717, 1.165) is 11.1 Å². The number of aryl methyl sites for hydroxylation is 1. The fourth-order valence-electron chi connectivity index (χ4n) is 1.23. The van der Waals surface area contributed by atoms with Crippen LogP contribution in [0.2, 0.25) is 0 Å². The largest absolute Gasteiger partial charge is 0.269 e. The van der Waals surface area contributed by atoms with Crippen molar-refractivity contribution in [2.75, 3.05) is 0 Å². The molecule has 0 atom stereocenters. The molecule has 6 heteroatoms. The second-order valence-corrected chi connectivity index (χ2v) is 4.62. The quantitative estimate of drug-likeness (QED) is 0.611. The van der Waals surface area contributed by atoms with Gasteiger partial charge in [0.2, 0.25) is 0 Å². The Labute approximate surface area is 108 Å². The van der Waals surface area contributed by atoms with Gasteiger partial charge in [0.1, 0.15) is 4.49 Å². The molecule has 0 bridgehead atoms. The van der Waals surface area contributed by atoms with Crippen LogP contribution >= 0.6 is 34.8 Å². The molecular weight excluding hydrogens is 272 g/mol.